The SMILES string of the molecule is C=C(CSCCCC)c1ccccc1. The minimum atomic E-state index is 1.06. The zero-order valence-corrected chi connectivity index (χ0v) is 9.65. The molecule has 0 radical (unpaired) electrons. The standard InChI is InChI=1S/C13H18S/c1-3-4-10-14-11-12(2)13-8-6-5-7-9-13/h5-9H,2-4,10-11H2,1H3. The van der Waals surface area contributed by atoms with Crippen LogP contribution >= 0.6 is 11.8 Å². The number of benzene rings is 1. The van der Waals surface area contributed by atoms with E-state index in [1.165, 1.54) is 29.7 Å². The quantitative estimate of drug-likeness (QED) is 0.628. The van der Waals surface area contributed by atoms with Gasteiger partial charge < -0.3 is 0 Å². The summed E-state index contributed by atoms with van der Waals surface area (Å²) in [6, 6.07) is 10.4. The number of rotatable bonds is 6. The molecular weight excluding hydrogens is 188 g/mol. The molecule has 1 aromatic carbocycles. The van der Waals surface area contributed by atoms with Crippen LogP contribution in [-0.4, -0.2) is 11.5 Å². The molecule has 1 rings (SSSR count). The molecule has 0 spiro atoms. The Bertz CT molecular complexity index is 264. The summed E-state index contributed by atoms with van der Waals surface area (Å²) in [4.78, 5) is 0. The fourth-order valence-electron chi connectivity index (χ4n) is 1.20. The summed E-state index contributed by atoms with van der Waals surface area (Å²) < 4.78 is 0. The Kier molecular flexibility index (Phi) is 5.46. The van der Waals surface area contributed by atoms with Crippen LogP contribution in [0.4, 0.5) is 0 Å². The van der Waals surface area contributed by atoms with Crippen molar-refractivity contribution < 1.29 is 0 Å². The lowest BCUT2D eigenvalue weighted by Crippen LogP contribution is -1.87. The predicted molar refractivity (Wildman–Crippen MR) is 67.7 cm³/mol. The van der Waals surface area contributed by atoms with E-state index in [4.69, 9.17) is 0 Å². The molecule has 0 nitrogen and oxygen atoms in total. The van der Waals surface area contributed by atoms with Crippen molar-refractivity contribution in [3.63, 3.8) is 0 Å². The van der Waals surface area contributed by atoms with Gasteiger partial charge >= 0.3 is 0 Å². The molecule has 0 aliphatic heterocycles. The monoisotopic (exact) mass is 206 g/mol. The van der Waals surface area contributed by atoms with Gasteiger partial charge in [-0.15, -0.1) is 0 Å². The van der Waals surface area contributed by atoms with Gasteiger partial charge in [-0.3, -0.25) is 0 Å². The molecule has 1 aromatic rings. The molecule has 0 aliphatic carbocycles. The van der Waals surface area contributed by atoms with Crippen molar-refractivity contribution in [1.29, 1.82) is 0 Å². The molecule has 1 heteroatoms. The van der Waals surface area contributed by atoms with Gasteiger partial charge in [-0.25, -0.2) is 0 Å². The van der Waals surface area contributed by atoms with Crippen LogP contribution in [0.3, 0.4) is 0 Å². The van der Waals surface area contributed by atoms with Gasteiger partial charge in [-0.2, -0.15) is 11.8 Å². The second kappa shape index (κ2) is 6.72. The first kappa shape index (κ1) is 11.4. The lowest BCUT2D eigenvalue weighted by atomic mass is 10.1. The number of thioether (sulfide) groups is 1. The van der Waals surface area contributed by atoms with E-state index in [0.717, 1.165) is 5.75 Å². The average Bonchev–Trinajstić information content (AvgIpc) is 2.25. The Hall–Kier alpha value is -0.690. The van der Waals surface area contributed by atoms with Gasteiger partial charge in [-0.1, -0.05) is 50.3 Å². The molecule has 0 bridgehead atoms. The van der Waals surface area contributed by atoms with Gasteiger partial charge in [0.15, 0.2) is 0 Å². The van der Waals surface area contributed by atoms with E-state index < -0.39 is 0 Å². The largest absolute Gasteiger partial charge is 0.157 e. The maximum atomic E-state index is 4.10. The lowest BCUT2D eigenvalue weighted by Gasteiger charge is -2.04. The van der Waals surface area contributed by atoms with Gasteiger partial charge in [0, 0.05) is 5.75 Å². The van der Waals surface area contributed by atoms with Crippen molar-refractivity contribution in [2.75, 3.05) is 11.5 Å². The number of unbranched alkanes of at least 4 members (excludes halogenated alkanes) is 1. The predicted octanol–water partition coefficient (Wildman–Crippen LogP) is 4.23. The molecule has 0 saturated heterocycles. The average molecular weight is 206 g/mol. The summed E-state index contributed by atoms with van der Waals surface area (Å²) in [5, 5.41) is 0. The lowest BCUT2D eigenvalue weighted by molar-refractivity contribution is 0.897. The van der Waals surface area contributed by atoms with Crippen LogP contribution in [0.2, 0.25) is 0 Å². The fourth-order valence-corrected chi connectivity index (χ4v) is 2.25. The van der Waals surface area contributed by atoms with Crippen LogP contribution in [-0.2, 0) is 0 Å². The highest BCUT2D eigenvalue weighted by Gasteiger charge is 1.97. The minimum Gasteiger partial charge on any atom is -0.157 e. The Morgan fingerprint density at radius 2 is 2.00 bits per heavy atom. The third kappa shape index (κ3) is 4.01. The van der Waals surface area contributed by atoms with Crippen LogP contribution < -0.4 is 0 Å². The minimum absolute atomic E-state index is 1.06. The van der Waals surface area contributed by atoms with E-state index in [1.807, 2.05) is 17.8 Å². The summed E-state index contributed by atoms with van der Waals surface area (Å²) in [7, 11) is 0. The molecule has 0 aliphatic rings. The Morgan fingerprint density at radius 1 is 1.29 bits per heavy atom. The molecule has 0 N–H and O–H groups in total. The summed E-state index contributed by atoms with van der Waals surface area (Å²) in [6.45, 7) is 6.33. The third-order valence-corrected chi connectivity index (χ3v) is 3.23. The number of hydrogen-bond acceptors (Lipinski definition) is 1. The summed E-state index contributed by atoms with van der Waals surface area (Å²) in [5.41, 5.74) is 2.52. The van der Waals surface area contributed by atoms with Gasteiger partial charge in [0.2, 0.25) is 0 Å². The van der Waals surface area contributed by atoms with E-state index in [9.17, 15) is 0 Å². The molecule has 0 unspecified atom stereocenters. The van der Waals surface area contributed by atoms with E-state index in [1.54, 1.807) is 0 Å². The molecule has 76 valence electrons. The first-order valence-corrected chi connectivity index (χ1v) is 6.31. The third-order valence-electron chi connectivity index (χ3n) is 2.10. The zero-order chi connectivity index (χ0) is 10.2. The van der Waals surface area contributed by atoms with Crippen LogP contribution in [0.15, 0.2) is 36.9 Å². The summed E-state index contributed by atoms with van der Waals surface area (Å²) in [5.74, 6) is 2.31. The zero-order valence-electron chi connectivity index (χ0n) is 8.83. The molecule has 0 saturated carbocycles. The van der Waals surface area contributed by atoms with Gasteiger partial charge in [0.05, 0.1) is 0 Å². The molecule has 0 fully saturated rings. The van der Waals surface area contributed by atoms with Gasteiger partial charge in [-0.05, 0) is 23.3 Å². The molecule has 14 heavy (non-hydrogen) atoms. The van der Waals surface area contributed by atoms with Crippen molar-refractivity contribution >= 4 is 17.3 Å². The van der Waals surface area contributed by atoms with Crippen molar-refractivity contribution in [3.05, 3.63) is 42.5 Å². The first-order valence-electron chi connectivity index (χ1n) is 5.15. The van der Waals surface area contributed by atoms with E-state index in [0.29, 0.717) is 0 Å². The molecular formula is C13H18S. The normalized spacial score (nSPS) is 10.1. The topological polar surface area (TPSA) is 0 Å². The maximum Gasteiger partial charge on any atom is 0.0184 e. The second-order valence-electron chi connectivity index (χ2n) is 3.38. The van der Waals surface area contributed by atoms with Crippen molar-refractivity contribution in [2.45, 2.75) is 19.8 Å². The molecule has 0 aromatic heterocycles. The van der Waals surface area contributed by atoms with Crippen LogP contribution in [0.1, 0.15) is 25.3 Å². The van der Waals surface area contributed by atoms with E-state index in [-0.39, 0.29) is 0 Å². The second-order valence-corrected chi connectivity index (χ2v) is 4.48. The number of hydrogen-bond donors (Lipinski definition) is 0. The highest BCUT2D eigenvalue weighted by molar-refractivity contribution is 7.99. The van der Waals surface area contributed by atoms with Crippen LogP contribution in [0, 0.1) is 0 Å². The van der Waals surface area contributed by atoms with Crippen molar-refractivity contribution in [2.24, 2.45) is 0 Å². The Labute approximate surface area is 91.4 Å². The fraction of sp³-hybridized carbons (Fsp3) is 0.385. The smallest absolute Gasteiger partial charge is 0.0184 e. The van der Waals surface area contributed by atoms with Gasteiger partial charge in [0.1, 0.15) is 0 Å². The Balaban J connectivity index is 2.29. The van der Waals surface area contributed by atoms with Crippen molar-refractivity contribution in [1.82, 2.24) is 0 Å². The molecule has 0 amide bonds. The first-order chi connectivity index (χ1) is 6.84. The Morgan fingerprint density at radius 3 is 2.64 bits per heavy atom. The van der Waals surface area contributed by atoms with Gasteiger partial charge in [0.25, 0.3) is 0 Å². The van der Waals surface area contributed by atoms with E-state index in [2.05, 4.69) is 37.8 Å². The molecule has 0 heterocycles. The van der Waals surface area contributed by atoms with E-state index >= 15 is 0 Å². The van der Waals surface area contributed by atoms with Crippen LogP contribution in [0.5, 0.6) is 0 Å². The summed E-state index contributed by atoms with van der Waals surface area (Å²) in [6.07, 6.45) is 2.59. The van der Waals surface area contributed by atoms with Crippen molar-refractivity contribution in [3.8, 4) is 0 Å². The highest BCUT2D eigenvalue weighted by Crippen LogP contribution is 2.18. The summed E-state index contributed by atoms with van der Waals surface area (Å²) >= 11 is 1.98. The van der Waals surface area contributed by atoms with Crippen LogP contribution in [0.25, 0.3) is 5.57 Å². The maximum absolute atomic E-state index is 4.10. The molecule has 0 atom stereocenters. The highest BCUT2D eigenvalue weighted by atomic mass is 32.2.